The summed E-state index contributed by atoms with van der Waals surface area (Å²) in [4.78, 5) is 16.1. The summed E-state index contributed by atoms with van der Waals surface area (Å²) >= 11 is 11.4. The van der Waals surface area contributed by atoms with Gasteiger partial charge in [0, 0.05) is 17.2 Å². The maximum Gasteiger partial charge on any atom is 0.573 e. The number of hydrogen-bond donors (Lipinski definition) is 0. The number of halogens is 5. The average Bonchev–Trinajstić information content (AvgIpc) is 2.43. The Morgan fingerprint density at radius 1 is 1.00 bits per heavy atom. The van der Waals surface area contributed by atoms with Gasteiger partial charge in [-0.25, -0.2) is 4.98 Å². The van der Waals surface area contributed by atoms with Gasteiger partial charge in [-0.05, 0) is 24.3 Å². The Kier molecular flexibility index (Phi) is 5.01. The van der Waals surface area contributed by atoms with E-state index in [-0.39, 0.29) is 27.2 Å². The number of alkyl halides is 3. The van der Waals surface area contributed by atoms with Crippen molar-refractivity contribution in [3.05, 3.63) is 51.8 Å². The van der Waals surface area contributed by atoms with Crippen molar-refractivity contribution in [1.82, 2.24) is 4.98 Å². The second-order valence-electron chi connectivity index (χ2n) is 4.28. The van der Waals surface area contributed by atoms with Crippen LogP contribution >= 0.6 is 23.2 Å². The number of pyridine rings is 1. The van der Waals surface area contributed by atoms with E-state index in [1.54, 1.807) is 0 Å². The smallest absolute Gasteiger partial charge is 0.497 e. The predicted octanol–water partition coefficient (Wildman–Crippen LogP) is 4.53. The first-order chi connectivity index (χ1) is 10.7. The minimum Gasteiger partial charge on any atom is -0.497 e. The Morgan fingerprint density at radius 3 is 2.04 bits per heavy atom. The molecule has 0 spiro atoms. The zero-order valence-electron chi connectivity index (χ0n) is 11.4. The largest absolute Gasteiger partial charge is 0.573 e. The van der Waals surface area contributed by atoms with E-state index in [0.29, 0.717) is 0 Å². The van der Waals surface area contributed by atoms with Gasteiger partial charge in [0.05, 0.1) is 7.11 Å². The average molecular weight is 366 g/mol. The van der Waals surface area contributed by atoms with Gasteiger partial charge in [0.2, 0.25) is 0 Å². The van der Waals surface area contributed by atoms with E-state index in [9.17, 15) is 18.0 Å². The van der Waals surface area contributed by atoms with Crippen LogP contribution in [0.2, 0.25) is 10.3 Å². The molecule has 9 heteroatoms. The van der Waals surface area contributed by atoms with Crippen LogP contribution in [-0.2, 0) is 0 Å². The predicted molar refractivity (Wildman–Crippen MR) is 77.4 cm³/mol. The third kappa shape index (κ3) is 4.74. The highest BCUT2D eigenvalue weighted by Gasteiger charge is 2.31. The van der Waals surface area contributed by atoms with E-state index < -0.39 is 17.9 Å². The van der Waals surface area contributed by atoms with Gasteiger partial charge in [0.25, 0.3) is 0 Å². The lowest BCUT2D eigenvalue weighted by atomic mass is 10.0. The SMILES string of the molecule is COc1cc(OC(F)(F)F)cc(C(=O)c2cc(Cl)nc(Cl)c2)c1. The number of hydrogen-bond acceptors (Lipinski definition) is 4. The van der Waals surface area contributed by atoms with Crippen LogP contribution in [0.25, 0.3) is 0 Å². The highest BCUT2D eigenvalue weighted by Crippen LogP contribution is 2.29. The molecule has 0 saturated carbocycles. The zero-order valence-corrected chi connectivity index (χ0v) is 13.0. The maximum atomic E-state index is 12.4. The number of aromatic nitrogens is 1. The molecule has 0 N–H and O–H groups in total. The van der Waals surface area contributed by atoms with Gasteiger partial charge in [0.1, 0.15) is 21.8 Å². The van der Waals surface area contributed by atoms with Gasteiger partial charge >= 0.3 is 6.36 Å². The number of ketones is 1. The molecule has 0 atom stereocenters. The molecule has 1 aromatic carbocycles. The molecule has 1 aromatic heterocycles. The standard InChI is InChI=1S/C14H8Cl2F3NO3/c1-22-9-2-7(3-10(6-9)23-14(17,18)19)13(21)8-4-11(15)20-12(16)5-8/h2-6H,1H3. The zero-order chi connectivity index (χ0) is 17.2. The van der Waals surface area contributed by atoms with Crippen molar-refractivity contribution >= 4 is 29.0 Å². The van der Waals surface area contributed by atoms with E-state index in [1.165, 1.54) is 25.3 Å². The van der Waals surface area contributed by atoms with Crippen LogP contribution < -0.4 is 9.47 Å². The van der Waals surface area contributed by atoms with Gasteiger partial charge < -0.3 is 9.47 Å². The van der Waals surface area contributed by atoms with E-state index >= 15 is 0 Å². The minimum atomic E-state index is -4.89. The second kappa shape index (κ2) is 6.64. The molecule has 0 aliphatic carbocycles. The quantitative estimate of drug-likeness (QED) is 0.590. The molecule has 0 bridgehead atoms. The molecule has 0 aliphatic heterocycles. The van der Waals surface area contributed by atoms with E-state index in [2.05, 4.69) is 9.72 Å². The van der Waals surface area contributed by atoms with Crippen molar-refractivity contribution in [2.75, 3.05) is 7.11 Å². The molecule has 122 valence electrons. The molecule has 23 heavy (non-hydrogen) atoms. The fourth-order valence-corrected chi connectivity index (χ4v) is 2.24. The number of ether oxygens (including phenoxy) is 2. The third-order valence-corrected chi connectivity index (χ3v) is 3.02. The third-order valence-electron chi connectivity index (χ3n) is 2.64. The summed E-state index contributed by atoms with van der Waals surface area (Å²) in [7, 11) is 1.25. The Bertz CT molecular complexity index is 730. The highest BCUT2D eigenvalue weighted by molar-refractivity contribution is 6.33. The second-order valence-corrected chi connectivity index (χ2v) is 5.05. The Hall–Kier alpha value is -1.99. The molecule has 2 aromatic rings. The molecular formula is C14H8Cl2F3NO3. The van der Waals surface area contributed by atoms with Crippen molar-refractivity contribution in [1.29, 1.82) is 0 Å². The monoisotopic (exact) mass is 365 g/mol. The molecule has 1 heterocycles. The first kappa shape index (κ1) is 17.4. The molecule has 4 nitrogen and oxygen atoms in total. The van der Waals surface area contributed by atoms with Crippen molar-refractivity contribution in [3.63, 3.8) is 0 Å². The topological polar surface area (TPSA) is 48.4 Å². The summed E-state index contributed by atoms with van der Waals surface area (Å²) in [5.41, 5.74) is -0.0110. The number of benzene rings is 1. The van der Waals surface area contributed by atoms with Crippen molar-refractivity contribution in [2.45, 2.75) is 6.36 Å². The van der Waals surface area contributed by atoms with Crippen LogP contribution in [0.5, 0.6) is 11.5 Å². The van der Waals surface area contributed by atoms with Crippen LogP contribution in [0.1, 0.15) is 15.9 Å². The summed E-state index contributed by atoms with van der Waals surface area (Å²) < 4.78 is 45.7. The lowest BCUT2D eigenvalue weighted by Crippen LogP contribution is -2.17. The van der Waals surface area contributed by atoms with Crippen molar-refractivity contribution < 1.29 is 27.4 Å². The maximum absolute atomic E-state index is 12.4. The van der Waals surface area contributed by atoms with Gasteiger partial charge in [-0.15, -0.1) is 13.2 Å². The number of rotatable bonds is 4. The van der Waals surface area contributed by atoms with Crippen molar-refractivity contribution in [2.24, 2.45) is 0 Å². The number of nitrogens with zero attached hydrogens (tertiary/aromatic N) is 1. The lowest BCUT2D eigenvalue weighted by Gasteiger charge is -2.12. The van der Waals surface area contributed by atoms with Crippen LogP contribution in [0.4, 0.5) is 13.2 Å². The number of methoxy groups -OCH3 is 1. The van der Waals surface area contributed by atoms with Gasteiger partial charge in [-0.3, -0.25) is 4.79 Å². The lowest BCUT2D eigenvalue weighted by molar-refractivity contribution is -0.274. The Balaban J connectivity index is 2.45. The van der Waals surface area contributed by atoms with E-state index in [0.717, 1.165) is 12.1 Å². The van der Waals surface area contributed by atoms with Crippen LogP contribution in [0, 0.1) is 0 Å². The molecule has 0 amide bonds. The van der Waals surface area contributed by atoms with Gasteiger partial charge in [-0.1, -0.05) is 23.2 Å². The summed E-state index contributed by atoms with van der Waals surface area (Å²) in [6, 6.07) is 5.73. The van der Waals surface area contributed by atoms with E-state index in [1.807, 2.05) is 0 Å². The van der Waals surface area contributed by atoms with Gasteiger partial charge in [-0.2, -0.15) is 0 Å². The summed E-state index contributed by atoms with van der Waals surface area (Å²) in [5, 5.41) is -0.0361. The molecule has 0 fully saturated rings. The van der Waals surface area contributed by atoms with Gasteiger partial charge in [0.15, 0.2) is 5.78 Å². The van der Waals surface area contributed by atoms with Crippen LogP contribution in [0.15, 0.2) is 30.3 Å². The van der Waals surface area contributed by atoms with Crippen LogP contribution in [0.3, 0.4) is 0 Å². The molecule has 2 rings (SSSR count). The molecule has 0 radical (unpaired) electrons. The minimum absolute atomic E-state index is 0.0180. The number of carbonyl (C=O) groups excluding carboxylic acids is 1. The summed E-state index contributed by atoms with van der Waals surface area (Å²) in [5.74, 6) is -1.16. The molecule has 0 unspecified atom stereocenters. The fourth-order valence-electron chi connectivity index (χ4n) is 1.78. The summed E-state index contributed by atoms with van der Waals surface area (Å²) in [6.07, 6.45) is -4.89. The Morgan fingerprint density at radius 2 is 1.52 bits per heavy atom. The molecule has 0 aliphatic rings. The van der Waals surface area contributed by atoms with E-state index in [4.69, 9.17) is 27.9 Å². The fraction of sp³-hybridized carbons (Fsp3) is 0.143. The first-order valence-corrected chi connectivity index (χ1v) is 6.76. The number of carbonyl (C=O) groups is 1. The van der Waals surface area contributed by atoms with Crippen molar-refractivity contribution in [3.8, 4) is 11.5 Å². The first-order valence-electron chi connectivity index (χ1n) is 6.00. The highest BCUT2D eigenvalue weighted by atomic mass is 35.5. The summed E-state index contributed by atoms with van der Waals surface area (Å²) in [6.45, 7) is 0. The normalized spacial score (nSPS) is 11.2. The van der Waals surface area contributed by atoms with Crippen LogP contribution in [-0.4, -0.2) is 24.2 Å². The molecular weight excluding hydrogens is 358 g/mol. The molecule has 0 saturated heterocycles. The Labute approximate surface area is 138 Å².